The minimum Gasteiger partial charge on any atom is -0.453 e. The standard InChI is InChI=1S/C15H14BrN3O/c16-15-6-5-13(20-15)10-17-9-11-1-3-12(4-2-11)14-7-8-18-19-14/h1-8,17H,9-10H2,(H,18,19). The summed E-state index contributed by atoms with van der Waals surface area (Å²) < 4.78 is 6.19. The van der Waals surface area contributed by atoms with Gasteiger partial charge in [-0.05, 0) is 45.3 Å². The Morgan fingerprint density at radius 2 is 1.90 bits per heavy atom. The Labute approximate surface area is 125 Å². The first-order valence-corrected chi connectivity index (χ1v) is 7.14. The van der Waals surface area contributed by atoms with Crippen LogP contribution in [0.3, 0.4) is 0 Å². The summed E-state index contributed by atoms with van der Waals surface area (Å²) in [4.78, 5) is 0. The molecule has 0 aliphatic rings. The maximum Gasteiger partial charge on any atom is 0.169 e. The highest BCUT2D eigenvalue weighted by Gasteiger charge is 2.01. The van der Waals surface area contributed by atoms with Gasteiger partial charge in [-0.15, -0.1) is 0 Å². The van der Waals surface area contributed by atoms with E-state index in [0.717, 1.165) is 28.2 Å². The molecule has 3 rings (SSSR count). The van der Waals surface area contributed by atoms with Gasteiger partial charge in [0.25, 0.3) is 0 Å². The van der Waals surface area contributed by atoms with Crippen LogP contribution in [0.4, 0.5) is 0 Å². The highest BCUT2D eigenvalue weighted by molar-refractivity contribution is 9.10. The van der Waals surface area contributed by atoms with E-state index in [4.69, 9.17) is 4.42 Å². The Morgan fingerprint density at radius 1 is 1.05 bits per heavy atom. The quantitative estimate of drug-likeness (QED) is 0.749. The number of aromatic nitrogens is 2. The van der Waals surface area contributed by atoms with E-state index in [1.54, 1.807) is 6.20 Å². The predicted molar refractivity (Wildman–Crippen MR) is 81.0 cm³/mol. The van der Waals surface area contributed by atoms with Crippen molar-refractivity contribution in [2.75, 3.05) is 0 Å². The van der Waals surface area contributed by atoms with E-state index in [2.05, 4.69) is 55.7 Å². The molecule has 2 N–H and O–H groups in total. The first-order chi connectivity index (χ1) is 9.81. The average molecular weight is 332 g/mol. The van der Waals surface area contributed by atoms with Crippen LogP contribution < -0.4 is 5.32 Å². The van der Waals surface area contributed by atoms with Gasteiger partial charge in [0.15, 0.2) is 4.67 Å². The third kappa shape index (κ3) is 3.18. The lowest BCUT2D eigenvalue weighted by atomic mass is 10.1. The van der Waals surface area contributed by atoms with Gasteiger partial charge in [0.2, 0.25) is 0 Å². The van der Waals surface area contributed by atoms with E-state index >= 15 is 0 Å². The highest BCUT2D eigenvalue weighted by atomic mass is 79.9. The summed E-state index contributed by atoms with van der Waals surface area (Å²) in [6.45, 7) is 1.52. The monoisotopic (exact) mass is 331 g/mol. The second kappa shape index (κ2) is 6.07. The van der Waals surface area contributed by atoms with Gasteiger partial charge in [-0.3, -0.25) is 5.10 Å². The van der Waals surface area contributed by atoms with Crippen molar-refractivity contribution in [1.82, 2.24) is 15.5 Å². The summed E-state index contributed by atoms with van der Waals surface area (Å²) >= 11 is 3.29. The molecular weight excluding hydrogens is 318 g/mol. The number of hydrogen-bond acceptors (Lipinski definition) is 3. The minimum atomic E-state index is 0.716. The second-order valence-corrected chi connectivity index (χ2v) is 5.26. The first-order valence-electron chi connectivity index (χ1n) is 6.35. The van der Waals surface area contributed by atoms with Crippen LogP contribution in [0, 0.1) is 0 Å². The number of nitrogens with one attached hydrogen (secondary N) is 2. The third-order valence-corrected chi connectivity index (χ3v) is 3.45. The van der Waals surface area contributed by atoms with Gasteiger partial charge >= 0.3 is 0 Å². The van der Waals surface area contributed by atoms with Gasteiger partial charge in [-0.2, -0.15) is 5.10 Å². The Balaban J connectivity index is 1.56. The molecule has 0 saturated heterocycles. The zero-order valence-electron chi connectivity index (χ0n) is 10.8. The number of nitrogens with zero attached hydrogens (tertiary/aromatic N) is 1. The molecule has 2 aromatic heterocycles. The lowest BCUT2D eigenvalue weighted by Gasteiger charge is -2.04. The molecular formula is C15H14BrN3O. The largest absolute Gasteiger partial charge is 0.453 e. The fourth-order valence-electron chi connectivity index (χ4n) is 2.00. The van der Waals surface area contributed by atoms with Gasteiger partial charge in [0.05, 0.1) is 12.2 Å². The Hall–Kier alpha value is -1.85. The third-order valence-electron chi connectivity index (χ3n) is 3.02. The summed E-state index contributed by atoms with van der Waals surface area (Å²) in [6, 6.07) is 14.2. The number of aromatic amines is 1. The van der Waals surface area contributed by atoms with Crippen LogP contribution in [0.15, 0.2) is 57.7 Å². The van der Waals surface area contributed by atoms with Gasteiger partial charge in [-0.25, -0.2) is 0 Å². The first kappa shape index (κ1) is 13.1. The minimum absolute atomic E-state index is 0.716. The van der Waals surface area contributed by atoms with Crippen LogP contribution in [-0.2, 0) is 13.1 Å². The smallest absolute Gasteiger partial charge is 0.169 e. The summed E-state index contributed by atoms with van der Waals surface area (Å²) in [6.07, 6.45) is 1.76. The summed E-state index contributed by atoms with van der Waals surface area (Å²) in [5, 5.41) is 10.3. The molecule has 0 bridgehead atoms. The predicted octanol–water partition coefficient (Wildman–Crippen LogP) is 3.72. The fraction of sp³-hybridized carbons (Fsp3) is 0.133. The van der Waals surface area contributed by atoms with Crippen LogP contribution in [0.25, 0.3) is 11.3 Å². The lowest BCUT2D eigenvalue weighted by Crippen LogP contribution is -2.11. The zero-order valence-corrected chi connectivity index (χ0v) is 12.4. The van der Waals surface area contributed by atoms with Crippen LogP contribution in [0.1, 0.15) is 11.3 Å². The van der Waals surface area contributed by atoms with Gasteiger partial charge in [-0.1, -0.05) is 24.3 Å². The van der Waals surface area contributed by atoms with Crippen molar-refractivity contribution < 1.29 is 4.42 Å². The number of benzene rings is 1. The SMILES string of the molecule is Brc1ccc(CNCc2ccc(-c3ccn[nH]3)cc2)o1. The Bertz CT molecular complexity index is 659. The van der Waals surface area contributed by atoms with Crippen LogP contribution in [0.5, 0.6) is 0 Å². The second-order valence-electron chi connectivity index (χ2n) is 4.48. The summed E-state index contributed by atoms with van der Waals surface area (Å²) in [5.41, 5.74) is 3.41. The van der Waals surface area contributed by atoms with Gasteiger partial charge < -0.3 is 9.73 Å². The molecule has 0 aliphatic heterocycles. The van der Waals surface area contributed by atoms with Gasteiger partial charge in [0, 0.05) is 12.7 Å². The van der Waals surface area contributed by atoms with Crippen molar-refractivity contribution in [3.05, 3.63) is 64.7 Å². The lowest BCUT2D eigenvalue weighted by molar-refractivity contribution is 0.465. The molecule has 5 heteroatoms. The van der Waals surface area contributed by atoms with Gasteiger partial charge in [0.1, 0.15) is 5.76 Å². The molecule has 20 heavy (non-hydrogen) atoms. The van der Waals surface area contributed by atoms with E-state index in [1.165, 1.54) is 5.56 Å². The number of furan rings is 1. The van der Waals surface area contributed by atoms with E-state index in [1.807, 2.05) is 18.2 Å². The van der Waals surface area contributed by atoms with E-state index < -0.39 is 0 Å². The van der Waals surface area contributed by atoms with E-state index in [-0.39, 0.29) is 0 Å². The molecule has 0 radical (unpaired) electrons. The molecule has 0 atom stereocenters. The van der Waals surface area contributed by atoms with Crippen LogP contribution in [0.2, 0.25) is 0 Å². The molecule has 0 aliphatic carbocycles. The van der Waals surface area contributed by atoms with Crippen molar-refractivity contribution in [2.24, 2.45) is 0 Å². The summed E-state index contributed by atoms with van der Waals surface area (Å²) in [7, 11) is 0. The molecule has 0 amide bonds. The molecule has 0 unspecified atom stereocenters. The molecule has 0 spiro atoms. The molecule has 102 valence electrons. The normalized spacial score (nSPS) is 10.8. The molecule has 4 nitrogen and oxygen atoms in total. The van der Waals surface area contributed by atoms with E-state index in [0.29, 0.717) is 6.54 Å². The molecule has 2 heterocycles. The van der Waals surface area contributed by atoms with Crippen LogP contribution >= 0.6 is 15.9 Å². The zero-order chi connectivity index (χ0) is 13.8. The Morgan fingerprint density at radius 3 is 2.55 bits per heavy atom. The Kier molecular flexibility index (Phi) is 3.99. The summed E-state index contributed by atoms with van der Waals surface area (Å²) in [5.74, 6) is 0.922. The number of halogens is 1. The van der Waals surface area contributed by atoms with Crippen molar-refractivity contribution in [2.45, 2.75) is 13.1 Å². The fourth-order valence-corrected chi connectivity index (χ4v) is 2.34. The number of hydrogen-bond donors (Lipinski definition) is 2. The van der Waals surface area contributed by atoms with E-state index in [9.17, 15) is 0 Å². The van der Waals surface area contributed by atoms with Crippen molar-refractivity contribution in [3.63, 3.8) is 0 Å². The molecule has 0 saturated carbocycles. The van der Waals surface area contributed by atoms with Crippen molar-refractivity contribution in [1.29, 1.82) is 0 Å². The topological polar surface area (TPSA) is 53.9 Å². The maximum atomic E-state index is 5.43. The van der Waals surface area contributed by atoms with Crippen molar-refractivity contribution >= 4 is 15.9 Å². The average Bonchev–Trinajstić information content (AvgIpc) is 3.11. The molecule has 0 fully saturated rings. The molecule has 3 aromatic rings. The molecule has 1 aromatic carbocycles. The van der Waals surface area contributed by atoms with Crippen LogP contribution in [-0.4, -0.2) is 10.2 Å². The van der Waals surface area contributed by atoms with Crippen molar-refractivity contribution in [3.8, 4) is 11.3 Å². The number of rotatable bonds is 5. The number of H-pyrrole nitrogens is 1. The highest BCUT2D eigenvalue weighted by Crippen LogP contribution is 2.17. The maximum absolute atomic E-state index is 5.43.